The van der Waals surface area contributed by atoms with Crippen LogP contribution >= 0.6 is 11.6 Å². The van der Waals surface area contributed by atoms with Gasteiger partial charge in [0.05, 0.1) is 17.1 Å². The molecule has 0 radical (unpaired) electrons. The second-order valence-electron chi connectivity index (χ2n) is 4.81. The van der Waals surface area contributed by atoms with Gasteiger partial charge in [0, 0.05) is 23.7 Å². The summed E-state index contributed by atoms with van der Waals surface area (Å²) in [4.78, 5) is 22.6. The highest BCUT2D eigenvalue weighted by Gasteiger charge is 2.41. The molecule has 1 saturated carbocycles. The van der Waals surface area contributed by atoms with Crippen LogP contribution in [-0.2, 0) is 4.74 Å². The summed E-state index contributed by atoms with van der Waals surface area (Å²) in [6.45, 7) is 2.37. The van der Waals surface area contributed by atoms with E-state index in [1.807, 2.05) is 6.92 Å². The number of nitro benzene ring substituents is 1. The lowest BCUT2D eigenvalue weighted by Crippen LogP contribution is -2.64. The van der Waals surface area contributed by atoms with E-state index in [0.717, 1.165) is 6.07 Å². The Morgan fingerprint density at radius 1 is 1.62 bits per heavy atom. The standard InChI is InChI=1S/C13H16ClN3O4/c1-2-21-11-6-9(15)12(11)16-13(18)8-4-3-7(14)5-10(8)17(19)20/h3-5,9,11-12H,2,6,15H2,1H3,(H,16,18). The van der Waals surface area contributed by atoms with Crippen LogP contribution in [0, 0.1) is 10.1 Å². The molecule has 1 aromatic carbocycles. The largest absolute Gasteiger partial charge is 0.376 e. The number of nitrogens with zero attached hydrogens (tertiary/aromatic N) is 1. The maximum absolute atomic E-state index is 12.2. The molecule has 114 valence electrons. The van der Waals surface area contributed by atoms with Crippen molar-refractivity contribution in [2.24, 2.45) is 5.73 Å². The number of hydrogen-bond acceptors (Lipinski definition) is 5. The number of amides is 1. The molecule has 1 aromatic rings. The molecule has 0 aromatic heterocycles. The summed E-state index contributed by atoms with van der Waals surface area (Å²) in [6, 6.07) is 3.36. The van der Waals surface area contributed by atoms with Gasteiger partial charge in [-0.1, -0.05) is 11.6 Å². The summed E-state index contributed by atoms with van der Waals surface area (Å²) in [5.74, 6) is -0.553. The summed E-state index contributed by atoms with van der Waals surface area (Å²) in [5.41, 5.74) is 5.47. The molecule has 21 heavy (non-hydrogen) atoms. The zero-order valence-electron chi connectivity index (χ0n) is 11.4. The molecule has 3 N–H and O–H groups in total. The van der Waals surface area contributed by atoms with Crippen LogP contribution in [-0.4, -0.2) is 35.6 Å². The first-order valence-electron chi connectivity index (χ1n) is 6.56. The van der Waals surface area contributed by atoms with Crippen LogP contribution in [0.25, 0.3) is 0 Å². The van der Waals surface area contributed by atoms with Crippen LogP contribution in [0.15, 0.2) is 18.2 Å². The Morgan fingerprint density at radius 3 is 2.90 bits per heavy atom. The Labute approximate surface area is 126 Å². The van der Waals surface area contributed by atoms with E-state index in [-0.39, 0.29) is 34.5 Å². The van der Waals surface area contributed by atoms with Crippen molar-refractivity contribution in [2.45, 2.75) is 31.5 Å². The van der Waals surface area contributed by atoms with Gasteiger partial charge in [0.2, 0.25) is 0 Å². The predicted molar refractivity (Wildman–Crippen MR) is 77.4 cm³/mol. The number of hydrogen-bond donors (Lipinski definition) is 2. The van der Waals surface area contributed by atoms with Crippen molar-refractivity contribution in [3.63, 3.8) is 0 Å². The monoisotopic (exact) mass is 313 g/mol. The van der Waals surface area contributed by atoms with E-state index in [1.54, 1.807) is 0 Å². The van der Waals surface area contributed by atoms with E-state index < -0.39 is 10.8 Å². The second-order valence-corrected chi connectivity index (χ2v) is 5.25. The van der Waals surface area contributed by atoms with E-state index in [9.17, 15) is 14.9 Å². The molecule has 1 aliphatic rings. The molecular weight excluding hydrogens is 298 g/mol. The molecule has 0 heterocycles. The minimum Gasteiger partial charge on any atom is -0.376 e. The lowest BCUT2D eigenvalue weighted by molar-refractivity contribution is -0.385. The fourth-order valence-electron chi connectivity index (χ4n) is 2.30. The Kier molecular flexibility index (Phi) is 4.76. The topological polar surface area (TPSA) is 107 Å². The summed E-state index contributed by atoms with van der Waals surface area (Å²) >= 11 is 5.72. The fraction of sp³-hybridized carbons (Fsp3) is 0.462. The highest BCUT2D eigenvalue weighted by molar-refractivity contribution is 6.31. The third kappa shape index (κ3) is 3.31. The average Bonchev–Trinajstić information content (AvgIpc) is 2.44. The molecular formula is C13H16ClN3O4. The molecule has 1 aliphatic carbocycles. The number of carbonyl (C=O) groups is 1. The first kappa shape index (κ1) is 15.7. The number of carbonyl (C=O) groups excluding carboxylic acids is 1. The molecule has 2 rings (SSSR count). The van der Waals surface area contributed by atoms with Gasteiger partial charge in [-0.05, 0) is 25.5 Å². The number of nitrogens with two attached hydrogens (primary N) is 1. The average molecular weight is 314 g/mol. The van der Waals surface area contributed by atoms with Crippen molar-refractivity contribution in [2.75, 3.05) is 6.61 Å². The van der Waals surface area contributed by atoms with Crippen molar-refractivity contribution >= 4 is 23.2 Å². The first-order valence-corrected chi connectivity index (χ1v) is 6.93. The molecule has 0 spiro atoms. The van der Waals surface area contributed by atoms with E-state index in [4.69, 9.17) is 22.1 Å². The third-order valence-corrected chi connectivity index (χ3v) is 3.68. The van der Waals surface area contributed by atoms with Crippen LogP contribution in [0.1, 0.15) is 23.7 Å². The number of nitrogens with one attached hydrogen (secondary N) is 1. The van der Waals surface area contributed by atoms with Gasteiger partial charge in [0.1, 0.15) is 5.56 Å². The van der Waals surface area contributed by atoms with E-state index >= 15 is 0 Å². The summed E-state index contributed by atoms with van der Waals surface area (Å²) < 4.78 is 5.44. The van der Waals surface area contributed by atoms with Crippen LogP contribution in [0.4, 0.5) is 5.69 Å². The summed E-state index contributed by atoms with van der Waals surface area (Å²) in [5, 5.41) is 13.9. The molecule has 3 unspecified atom stereocenters. The third-order valence-electron chi connectivity index (χ3n) is 3.45. The van der Waals surface area contributed by atoms with Crippen LogP contribution in [0.2, 0.25) is 5.02 Å². The van der Waals surface area contributed by atoms with E-state index in [0.29, 0.717) is 13.0 Å². The number of nitro groups is 1. The van der Waals surface area contributed by atoms with Crippen LogP contribution < -0.4 is 11.1 Å². The van der Waals surface area contributed by atoms with Gasteiger partial charge in [-0.15, -0.1) is 0 Å². The number of rotatable bonds is 5. The van der Waals surface area contributed by atoms with Crippen molar-refractivity contribution < 1.29 is 14.5 Å². The minimum absolute atomic E-state index is 0.0428. The fourth-order valence-corrected chi connectivity index (χ4v) is 2.47. The molecule has 8 heteroatoms. The van der Waals surface area contributed by atoms with Crippen molar-refractivity contribution in [3.05, 3.63) is 38.9 Å². The summed E-state index contributed by atoms with van der Waals surface area (Å²) in [7, 11) is 0. The first-order chi connectivity index (χ1) is 9.93. The van der Waals surface area contributed by atoms with Crippen LogP contribution in [0.3, 0.4) is 0 Å². The summed E-state index contributed by atoms with van der Waals surface area (Å²) in [6.07, 6.45) is 0.502. The minimum atomic E-state index is -0.637. The quantitative estimate of drug-likeness (QED) is 0.632. The Hall–Kier alpha value is -1.70. The lowest BCUT2D eigenvalue weighted by Gasteiger charge is -2.42. The highest BCUT2D eigenvalue weighted by atomic mass is 35.5. The van der Waals surface area contributed by atoms with Gasteiger partial charge in [-0.2, -0.15) is 0 Å². The normalized spacial score (nSPS) is 24.2. The van der Waals surface area contributed by atoms with Gasteiger partial charge in [-0.25, -0.2) is 0 Å². The predicted octanol–water partition coefficient (Wildman–Crippen LogP) is 1.48. The van der Waals surface area contributed by atoms with Gasteiger partial charge in [0.25, 0.3) is 11.6 Å². The van der Waals surface area contributed by atoms with Crippen LogP contribution in [0.5, 0.6) is 0 Å². The number of ether oxygens (including phenoxy) is 1. The maximum atomic E-state index is 12.2. The molecule has 3 atom stereocenters. The Bertz CT molecular complexity index is 564. The molecule has 0 saturated heterocycles. The van der Waals surface area contributed by atoms with E-state index in [2.05, 4.69) is 5.32 Å². The lowest BCUT2D eigenvalue weighted by atomic mass is 9.83. The maximum Gasteiger partial charge on any atom is 0.283 e. The molecule has 0 aliphatic heterocycles. The Morgan fingerprint density at radius 2 is 2.33 bits per heavy atom. The zero-order valence-corrected chi connectivity index (χ0v) is 12.2. The van der Waals surface area contributed by atoms with Gasteiger partial charge in [-0.3, -0.25) is 14.9 Å². The molecule has 1 amide bonds. The van der Waals surface area contributed by atoms with E-state index in [1.165, 1.54) is 12.1 Å². The number of halogens is 1. The highest BCUT2D eigenvalue weighted by Crippen LogP contribution is 2.26. The smallest absolute Gasteiger partial charge is 0.283 e. The molecule has 1 fully saturated rings. The van der Waals surface area contributed by atoms with Crippen molar-refractivity contribution in [3.8, 4) is 0 Å². The van der Waals surface area contributed by atoms with Gasteiger partial charge >= 0.3 is 0 Å². The Balaban J connectivity index is 2.15. The number of benzene rings is 1. The van der Waals surface area contributed by atoms with Gasteiger partial charge < -0.3 is 15.8 Å². The molecule has 0 bridgehead atoms. The molecule has 7 nitrogen and oxygen atoms in total. The second kappa shape index (κ2) is 6.38. The van der Waals surface area contributed by atoms with Crippen molar-refractivity contribution in [1.82, 2.24) is 5.32 Å². The SMILES string of the molecule is CCOC1CC(N)C1NC(=O)c1ccc(Cl)cc1[N+](=O)[O-]. The van der Waals surface area contributed by atoms with Crippen molar-refractivity contribution in [1.29, 1.82) is 0 Å². The van der Waals surface area contributed by atoms with Gasteiger partial charge in [0.15, 0.2) is 0 Å². The zero-order chi connectivity index (χ0) is 15.6.